The number of aromatic nitrogens is 3. The Bertz CT molecular complexity index is 520. The van der Waals surface area contributed by atoms with Crippen LogP contribution in [-0.2, 0) is 0 Å². The molecule has 18 heavy (non-hydrogen) atoms. The highest BCUT2D eigenvalue weighted by atomic mass is 35.5. The molecule has 0 aliphatic carbocycles. The smallest absolute Gasteiger partial charge is 0.329 e. The van der Waals surface area contributed by atoms with Crippen molar-refractivity contribution in [1.82, 2.24) is 15.0 Å². The summed E-state index contributed by atoms with van der Waals surface area (Å²) in [6.07, 6.45) is -0.0481. The maximum absolute atomic E-state index is 5.78. The predicted octanol–water partition coefficient (Wildman–Crippen LogP) is 3.10. The summed E-state index contributed by atoms with van der Waals surface area (Å²) in [5, 5.41) is 0.0339. The van der Waals surface area contributed by atoms with Crippen molar-refractivity contribution in [3.05, 3.63) is 35.6 Å². The minimum atomic E-state index is -0.0481. The summed E-state index contributed by atoms with van der Waals surface area (Å²) in [7, 11) is 0. The molecular formula is C12H12ClN3O2. The maximum atomic E-state index is 5.78. The van der Waals surface area contributed by atoms with Gasteiger partial charge in [-0.25, -0.2) is 0 Å². The number of hydrogen-bond acceptors (Lipinski definition) is 5. The second kappa shape index (κ2) is 5.64. The Kier molecular flexibility index (Phi) is 3.94. The third kappa shape index (κ3) is 3.56. The van der Waals surface area contributed by atoms with Gasteiger partial charge in [0.25, 0.3) is 0 Å². The van der Waals surface area contributed by atoms with E-state index in [4.69, 9.17) is 21.1 Å². The quantitative estimate of drug-likeness (QED) is 0.850. The fraction of sp³-hybridized carbons (Fsp3) is 0.250. The summed E-state index contributed by atoms with van der Waals surface area (Å²) in [6.45, 7) is 3.74. The van der Waals surface area contributed by atoms with Crippen LogP contribution in [0.3, 0.4) is 0 Å². The summed E-state index contributed by atoms with van der Waals surface area (Å²) in [5.41, 5.74) is 0. The minimum Gasteiger partial charge on any atom is -0.461 e. The molecule has 0 atom stereocenters. The van der Waals surface area contributed by atoms with Crippen molar-refractivity contribution >= 4 is 11.6 Å². The first-order valence-electron chi connectivity index (χ1n) is 5.44. The first-order valence-corrected chi connectivity index (χ1v) is 5.82. The van der Waals surface area contributed by atoms with Crippen LogP contribution in [0.5, 0.6) is 17.8 Å². The van der Waals surface area contributed by atoms with E-state index in [2.05, 4.69) is 15.0 Å². The molecule has 5 nitrogen and oxygen atoms in total. The van der Waals surface area contributed by atoms with Gasteiger partial charge in [0.1, 0.15) is 5.75 Å². The van der Waals surface area contributed by atoms with Crippen LogP contribution in [0, 0.1) is 0 Å². The Morgan fingerprint density at radius 3 is 2.33 bits per heavy atom. The molecule has 1 aromatic heterocycles. The summed E-state index contributed by atoms with van der Waals surface area (Å²) in [5.74, 6) is 0.621. The van der Waals surface area contributed by atoms with E-state index in [0.29, 0.717) is 5.75 Å². The molecule has 0 aliphatic rings. The lowest BCUT2D eigenvalue weighted by Gasteiger charge is -2.08. The SMILES string of the molecule is CC(C)Oc1nc(Cl)nc(Oc2ccccc2)n1. The molecular weight excluding hydrogens is 254 g/mol. The number of hydrogen-bond donors (Lipinski definition) is 0. The molecule has 1 aromatic carbocycles. The van der Waals surface area contributed by atoms with Crippen LogP contribution < -0.4 is 9.47 Å². The molecule has 0 unspecified atom stereocenters. The molecule has 0 bridgehead atoms. The van der Waals surface area contributed by atoms with Crippen LogP contribution in [0.2, 0.25) is 5.28 Å². The lowest BCUT2D eigenvalue weighted by molar-refractivity contribution is 0.218. The molecule has 0 amide bonds. The van der Waals surface area contributed by atoms with Crippen LogP contribution in [0.1, 0.15) is 13.8 Å². The predicted molar refractivity (Wildman–Crippen MR) is 67.1 cm³/mol. The minimum absolute atomic E-state index is 0.0339. The lowest BCUT2D eigenvalue weighted by Crippen LogP contribution is -2.09. The molecule has 94 valence electrons. The van der Waals surface area contributed by atoms with Crippen molar-refractivity contribution in [1.29, 1.82) is 0 Å². The van der Waals surface area contributed by atoms with E-state index in [1.54, 1.807) is 12.1 Å². The molecule has 0 fully saturated rings. The maximum Gasteiger partial charge on any atom is 0.329 e. The summed E-state index contributed by atoms with van der Waals surface area (Å²) >= 11 is 5.78. The zero-order valence-electron chi connectivity index (χ0n) is 10.0. The first-order chi connectivity index (χ1) is 8.63. The van der Waals surface area contributed by atoms with E-state index in [-0.39, 0.29) is 23.4 Å². The number of nitrogens with zero attached hydrogens (tertiary/aromatic N) is 3. The van der Waals surface area contributed by atoms with Gasteiger partial charge in [-0.15, -0.1) is 4.98 Å². The summed E-state index contributed by atoms with van der Waals surface area (Å²) < 4.78 is 10.8. The number of halogens is 1. The largest absolute Gasteiger partial charge is 0.461 e. The second-order valence-electron chi connectivity index (χ2n) is 3.75. The Hall–Kier alpha value is -1.88. The second-order valence-corrected chi connectivity index (χ2v) is 4.09. The Balaban J connectivity index is 2.20. The van der Waals surface area contributed by atoms with Gasteiger partial charge >= 0.3 is 12.0 Å². The Morgan fingerprint density at radius 1 is 1.00 bits per heavy atom. The number of ether oxygens (including phenoxy) is 2. The van der Waals surface area contributed by atoms with E-state index in [1.165, 1.54) is 0 Å². The average Bonchev–Trinajstić information content (AvgIpc) is 2.28. The number of benzene rings is 1. The summed E-state index contributed by atoms with van der Waals surface area (Å²) in [4.78, 5) is 11.8. The van der Waals surface area contributed by atoms with Crippen molar-refractivity contribution in [3.63, 3.8) is 0 Å². The van der Waals surface area contributed by atoms with Gasteiger partial charge in [0.15, 0.2) is 0 Å². The normalized spacial score (nSPS) is 10.4. The van der Waals surface area contributed by atoms with Crippen LogP contribution >= 0.6 is 11.6 Å². The zero-order chi connectivity index (χ0) is 13.0. The van der Waals surface area contributed by atoms with Gasteiger partial charge in [0.05, 0.1) is 6.10 Å². The number of para-hydroxylation sites is 1. The fourth-order valence-electron chi connectivity index (χ4n) is 1.22. The van der Waals surface area contributed by atoms with Gasteiger partial charge in [-0.1, -0.05) is 18.2 Å². The highest BCUT2D eigenvalue weighted by Gasteiger charge is 2.09. The van der Waals surface area contributed by atoms with Gasteiger partial charge in [0.2, 0.25) is 5.28 Å². The van der Waals surface area contributed by atoms with Crippen LogP contribution in [0.25, 0.3) is 0 Å². The van der Waals surface area contributed by atoms with Gasteiger partial charge < -0.3 is 9.47 Å². The van der Waals surface area contributed by atoms with Gasteiger partial charge in [-0.05, 0) is 37.6 Å². The lowest BCUT2D eigenvalue weighted by atomic mass is 10.3. The highest BCUT2D eigenvalue weighted by molar-refractivity contribution is 6.28. The molecule has 0 N–H and O–H groups in total. The molecule has 0 saturated carbocycles. The third-order valence-corrected chi connectivity index (χ3v) is 2.03. The Morgan fingerprint density at radius 2 is 1.67 bits per heavy atom. The molecule has 2 rings (SSSR count). The van der Waals surface area contributed by atoms with Crippen molar-refractivity contribution in [2.45, 2.75) is 20.0 Å². The zero-order valence-corrected chi connectivity index (χ0v) is 10.8. The van der Waals surface area contributed by atoms with E-state index >= 15 is 0 Å². The highest BCUT2D eigenvalue weighted by Crippen LogP contribution is 2.20. The summed E-state index contributed by atoms with van der Waals surface area (Å²) in [6, 6.07) is 9.43. The van der Waals surface area contributed by atoms with E-state index in [0.717, 1.165) is 0 Å². The first kappa shape index (κ1) is 12.6. The number of rotatable bonds is 4. The van der Waals surface area contributed by atoms with Crippen molar-refractivity contribution in [2.24, 2.45) is 0 Å². The van der Waals surface area contributed by atoms with Gasteiger partial charge in [-0.2, -0.15) is 9.97 Å². The molecule has 0 spiro atoms. The van der Waals surface area contributed by atoms with Crippen LogP contribution in [-0.4, -0.2) is 21.1 Å². The van der Waals surface area contributed by atoms with Crippen LogP contribution in [0.15, 0.2) is 30.3 Å². The molecule has 0 aliphatic heterocycles. The Labute approximate surface area is 110 Å². The van der Waals surface area contributed by atoms with E-state index in [1.807, 2.05) is 32.0 Å². The van der Waals surface area contributed by atoms with Gasteiger partial charge in [0, 0.05) is 0 Å². The van der Waals surface area contributed by atoms with E-state index < -0.39 is 0 Å². The molecule has 1 heterocycles. The standard InChI is InChI=1S/C12H12ClN3O2/c1-8(2)17-11-14-10(13)15-12(16-11)18-9-6-4-3-5-7-9/h3-8H,1-2H3. The van der Waals surface area contributed by atoms with Crippen LogP contribution in [0.4, 0.5) is 0 Å². The third-order valence-electron chi connectivity index (χ3n) is 1.86. The van der Waals surface area contributed by atoms with Crippen molar-refractivity contribution in [2.75, 3.05) is 0 Å². The molecule has 0 saturated heterocycles. The van der Waals surface area contributed by atoms with Crippen molar-refractivity contribution in [3.8, 4) is 17.8 Å². The molecule has 0 radical (unpaired) electrons. The molecule has 6 heteroatoms. The topological polar surface area (TPSA) is 57.1 Å². The van der Waals surface area contributed by atoms with Gasteiger partial charge in [-0.3, -0.25) is 0 Å². The monoisotopic (exact) mass is 265 g/mol. The van der Waals surface area contributed by atoms with E-state index in [9.17, 15) is 0 Å². The van der Waals surface area contributed by atoms with Crippen molar-refractivity contribution < 1.29 is 9.47 Å². The molecule has 2 aromatic rings. The average molecular weight is 266 g/mol. The fourth-order valence-corrected chi connectivity index (χ4v) is 1.36.